The highest BCUT2D eigenvalue weighted by Gasteiger charge is 1.98. The summed E-state index contributed by atoms with van der Waals surface area (Å²) in [6.45, 7) is 1.06. The Balaban J connectivity index is 1.97. The van der Waals surface area contributed by atoms with Gasteiger partial charge in [0.15, 0.2) is 0 Å². The smallest absolute Gasteiger partial charge is 0.123 e. The Labute approximate surface area is 106 Å². The first-order chi connectivity index (χ1) is 8.78. The molecule has 18 heavy (non-hydrogen) atoms. The van der Waals surface area contributed by atoms with Gasteiger partial charge in [-0.1, -0.05) is 18.2 Å². The number of aromatic nitrogens is 1. The molecule has 0 amide bonds. The van der Waals surface area contributed by atoms with Crippen LogP contribution in [0.4, 0.5) is 5.82 Å². The molecule has 0 aliphatic heterocycles. The number of methoxy groups -OCH3 is 1. The van der Waals surface area contributed by atoms with Gasteiger partial charge in [-0.2, -0.15) is 0 Å². The number of nitrogens with two attached hydrogens (primary N) is 1. The molecular formula is C14H16N2O2. The Hall–Kier alpha value is -2.07. The third kappa shape index (κ3) is 3.46. The largest absolute Gasteiger partial charge is 0.489 e. The van der Waals surface area contributed by atoms with Crippen molar-refractivity contribution in [2.75, 3.05) is 12.8 Å². The van der Waals surface area contributed by atoms with Gasteiger partial charge in [0.25, 0.3) is 0 Å². The lowest BCUT2D eigenvalue weighted by atomic mass is 10.2. The number of benzene rings is 1. The number of nitrogen functional groups attached to an aromatic ring is 1. The Morgan fingerprint density at radius 1 is 1.11 bits per heavy atom. The molecule has 0 atom stereocenters. The van der Waals surface area contributed by atoms with Crippen LogP contribution in [0.2, 0.25) is 0 Å². The van der Waals surface area contributed by atoms with Gasteiger partial charge in [0.05, 0.1) is 6.61 Å². The highest BCUT2D eigenvalue weighted by molar-refractivity contribution is 5.30. The van der Waals surface area contributed by atoms with E-state index in [1.807, 2.05) is 30.3 Å². The molecule has 0 radical (unpaired) electrons. The summed E-state index contributed by atoms with van der Waals surface area (Å²) in [6, 6.07) is 11.5. The summed E-state index contributed by atoms with van der Waals surface area (Å²) in [6.07, 6.45) is 1.72. The van der Waals surface area contributed by atoms with Crippen molar-refractivity contribution in [1.29, 1.82) is 0 Å². The van der Waals surface area contributed by atoms with Crippen LogP contribution in [0.15, 0.2) is 42.6 Å². The standard InChI is InChI=1S/C14H16N2O2/c1-17-9-11-3-2-4-13(7-11)18-10-12-5-6-14(15)16-8-12/h2-8H,9-10H2,1H3,(H2,15,16). The SMILES string of the molecule is COCc1cccc(OCc2ccc(N)nc2)c1. The zero-order valence-corrected chi connectivity index (χ0v) is 10.3. The molecular weight excluding hydrogens is 228 g/mol. The van der Waals surface area contributed by atoms with Gasteiger partial charge in [-0.3, -0.25) is 0 Å². The van der Waals surface area contributed by atoms with Crippen molar-refractivity contribution in [3.63, 3.8) is 0 Å². The third-order valence-electron chi connectivity index (χ3n) is 2.46. The molecule has 4 heteroatoms. The van der Waals surface area contributed by atoms with Crippen LogP contribution >= 0.6 is 0 Å². The van der Waals surface area contributed by atoms with Crippen LogP contribution in [0.3, 0.4) is 0 Å². The lowest BCUT2D eigenvalue weighted by Crippen LogP contribution is -1.98. The monoisotopic (exact) mass is 244 g/mol. The van der Waals surface area contributed by atoms with Crippen LogP contribution in [0.1, 0.15) is 11.1 Å². The zero-order valence-electron chi connectivity index (χ0n) is 10.3. The van der Waals surface area contributed by atoms with Crippen LogP contribution in [0.25, 0.3) is 0 Å². The highest BCUT2D eigenvalue weighted by Crippen LogP contribution is 2.15. The summed E-state index contributed by atoms with van der Waals surface area (Å²) in [7, 11) is 1.67. The predicted molar refractivity (Wildman–Crippen MR) is 70.1 cm³/mol. The van der Waals surface area contributed by atoms with Gasteiger partial charge in [-0.25, -0.2) is 4.98 Å². The molecule has 0 saturated heterocycles. The Morgan fingerprint density at radius 3 is 2.72 bits per heavy atom. The molecule has 4 nitrogen and oxygen atoms in total. The van der Waals surface area contributed by atoms with E-state index in [0.717, 1.165) is 16.9 Å². The van der Waals surface area contributed by atoms with E-state index >= 15 is 0 Å². The number of hydrogen-bond acceptors (Lipinski definition) is 4. The molecule has 0 fully saturated rings. The van der Waals surface area contributed by atoms with Crippen molar-refractivity contribution < 1.29 is 9.47 Å². The average Bonchev–Trinajstić information content (AvgIpc) is 2.39. The van der Waals surface area contributed by atoms with Gasteiger partial charge in [0, 0.05) is 18.9 Å². The van der Waals surface area contributed by atoms with Crippen molar-refractivity contribution in [2.24, 2.45) is 0 Å². The van der Waals surface area contributed by atoms with Crippen LogP contribution in [0.5, 0.6) is 5.75 Å². The fourth-order valence-corrected chi connectivity index (χ4v) is 1.58. The molecule has 2 aromatic rings. The van der Waals surface area contributed by atoms with Crippen molar-refractivity contribution in [3.05, 3.63) is 53.7 Å². The summed E-state index contributed by atoms with van der Waals surface area (Å²) in [5.41, 5.74) is 7.60. The molecule has 2 N–H and O–H groups in total. The van der Waals surface area contributed by atoms with Gasteiger partial charge in [-0.05, 0) is 23.8 Å². The van der Waals surface area contributed by atoms with Gasteiger partial charge in [-0.15, -0.1) is 0 Å². The van der Waals surface area contributed by atoms with E-state index in [1.54, 1.807) is 19.4 Å². The number of pyridine rings is 1. The van der Waals surface area contributed by atoms with Crippen LogP contribution in [0, 0.1) is 0 Å². The van der Waals surface area contributed by atoms with E-state index in [0.29, 0.717) is 19.0 Å². The first-order valence-corrected chi connectivity index (χ1v) is 5.69. The quantitative estimate of drug-likeness (QED) is 0.877. The van der Waals surface area contributed by atoms with Crippen molar-refractivity contribution in [1.82, 2.24) is 4.98 Å². The van der Waals surface area contributed by atoms with E-state index in [4.69, 9.17) is 15.2 Å². The van der Waals surface area contributed by atoms with E-state index < -0.39 is 0 Å². The maximum Gasteiger partial charge on any atom is 0.123 e. The first kappa shape index (κ1) is 12.4. The van der Waals surface area contributed by atoms with Gasteiger partial charge < -0.3 is 15.2 Å². The maximum absolute atomic E-state index is 5.68. The highest BCUT2D eigenvalue weighted by atomic mass is 16.5. The summed E-state index contributed by atoms with van der Waals surface area (Å²) in [4.78, 5) is 4.02. The number of ether oxygens (including phenoxy) is 2. The van der Waals surface area contributed by atoms with E-state index in [-0.39, 0.29) is 0 Å². The maximum atomic E-state index is 5.68. The minimum atomic E-state index is 0.476. The van der Waals surface area contributed by atoms with Gasteiger partial charge in [0.2, 0.25) is 0 Å². The lowest BCUT2D eigenvalue weighted by Gasteiger charge is -2.07. The second-order valence-electron chi connectivity index (χ2n) is 3.96. The number of hydrogen-bond donors (Lipinski definition) is 1. The predicted octanol–water partition coefficient (Wildman–Crippen LogP) is 2.39. The van der Waals surface area contributed by atoms with Crippen LogP contribution < -0.4 is 10.5 Å². The van der Waals surface area contributed by atoms with E-state index in [9.17, 15) is 0 Å². The fourth-order valence-electron chi connectivity index (χ4n) is 1.58. The molecule has 94 valence electrons. The molecule has 1 heterocycles. The Bertz CT molecular complexity index is 497. The Kier molecular flexibility index (Phi) is 4.15. The van der Waals surface area contributed by atoms with Crippen molar-refractivity contribution in [3.8, 4) is 5.75 Å². The summed E-state index contributed by atoms with van der Waals surface area (Å²) >= 11 is 0. The fraction of sp³-hybridized carbons (Fsp3) is 0.214. The van der Waals surface area contributed by atoms with Crippen LogP contribution in [-0.2, 0) is 18.0 Å². The molecule has 0 spiro atoms. The molecule has 0 aliphatic carbocycles. The normalized spacial score (nSPS) is 10.3. The topological polar surface area (TPSA) is 57.4 Å². The second kappa shape index (κ2) is 6.02. The number of nitrogens with zero attached hydrogens (tertiary/aromatic N) is 1. The number of rotatable bonds is 5. The molecule has 0 bridgehead atoms. The minimum Gasteiger partial charge on any atom is -0.489 e. The van der Waals surface area contributed by atoms with Crippen molar-refractivity contribution in [2.45, 2.75) is 13.2 Å². The summed E-state index contributed by atoms with van der Waals surface area (Å²) in [5.74, 6) is 1.34. The molecule has 0 saturated carbocycles. The molecule has 1 aromatic carbocycles. The van der Waals surface area contributed by atoms with E-state index in [1.165, 1.54) is 0 Å². The zero-order chi connectivity index (χ0) is 12.8. The third-order valence-corrected chi connectivity index (χ3v) is 2.46. The summed E-state index contributed by atoms with van der Waals surface area (Å²) < 4.78 is 10.8. The van der Waals surface area contributed by atoms with Gasteiger partial charge >= 0.3 is 0 Å². The molecule has 0 unspecified atom stereocenters. The summed E-state index contributed by atoms with van der Waals surface area (Å²) in [5, 5.41) is 0. The average molecular weight is 244 g/mol. The first-order valence-electron chi connectivity index (χ1n) is 5.69. The van der Waals surface area contributed by atoms with E-state index in [2.05, 4.69) is 4.98 Å². The molecule has 0 aliphatic rings. The molecule has 2 rings (SSSR count). The Morgan fingerprint density at radius 2 is 2.00 bits per heavy atom. The van der Waals surface area contributed by atoms with Crippen molar-refractivity contribution >= 4 is 5.82 Å². The lowest BCUT2D eigenvalue weighted by molar-refractivity contribution is 0.184. The molecule has 1 aromatic heterocycles. The van der Waals surface area contributed by atoms with Crippen LogP contribution in [-0.4, -0.2) is 12.1 Å². The minimum absolute atomic E-state index is 0.476. The second-order valence-corrected chi connectivity index (χ2v) is 3.96. The number of anilines is 1. The van der Waals surface area contributed by atoms with Gasteiger partial charge in [0.1, 0.15) is 18.2 Å².